The summed E-state index contributed by atoms with van der Waals surface area (Å²) in [6.45, 7) is 0. The first-order chi connectivity index (χ1) is 7.50. The summed E-state index contributed by atoms with van der Waals surface area (Å²) in [6.07, 6.45) is -5.06. The molecule has 0 bridgehead atoms. The van der Waals surface area contributed by atoms with Gasteiger partial charge < -0.3 is 4.74 Å². The molecule has 11 heteroatoms. The number of hydrogen-bond donors (Lipinski definition) is 0. The van der Waals surface area contributed by atoms with Crippen LogP contribution < -0.4 is 4.74 Å². The molecule has 1 heterocycles. The Morgan fingerprint density at radius 2 is 1.94 bits per heavy atom. The molecule has 0 aromatic carbocycles. The van der Waals surface area contributed by atoms with E-state index in [2.05, 4.69) is 9.72 Å². The van der Waals surface area contributed by atoms with Crippen molar-refractivity contribution in [2.75, 3.05) is 0 Å². The fraction of sp³-hybridized carbons (Fsp3) is 0.167. The highest BCUT2D eigenvalue weighted by Gasteiger charge is 2.35. The molecule has 96 valence electrons. The van der Waals surface area contributed by atoms with Gasteiger partial charge in [-0.05, 0) is 22.6 Å². The van der Waals surface area contributed by atoms with E-state index in [4.69, 9.17) is 22.3 Å². The molecule has 1 aromatic heterocycles. The molecule has 0 aliphatic carbocycles. The van der Waals surface area contributed by atoms with Gasteiger partial charge in [-0.2, -0.15) is 0 Å². The Hall–Kier alpha value is -0.000000000000000111. The number of nitrogens with zero attached hydrogens (tertiary/aromatic N) is 1. The third kappa shape index (κ3) is 4.30. The van der Waals surface area contributed by atoms with E-state index in [1.165, 1.54) is 0 Å². The van der Waals surface area contributed by atoms with E-state index < -0.39 is 26.2 Å². The first-order valence-corrected chi connectivity index (χ1v) is 7.34. The van der Waals surface area contributed by atoms with Crippen LogP contribution in [0.15, 0.2) is 11.1 Å². The number of hydrogen-bond acceptors (Lipinski definition) is 4. The Labute approximate surface area is 117 Å². The fourth-order valence-corrected chi connectivity index (χ4v) is 2.27. The zero-order valence-electron chi connectivity index (χ0n) is 7.43. The highest BCUT2D eigenvalue weighted by molar-refractivity contribution is 14.1. The SMILES string of the molecule is O=S(=O)(Cl)c1nc(Cl)c(I)cc1OC(F)(F)F. The molecule has 0 aliphatic rings. The molecule has 0 atom stereocenters. The van der Waals surface area contributed by atoms with E-state index in [0.29, 0.717) is 0 Å². The van der Waals surface area contributed by atoms with E-state index in [0.717, 1.165) is 6.07 Å². The van der Waals surface area contributed by atoms with Gasteiger partial charge in [0.1, 0.15) is 5.15 Å². The van der Waals surface area contributed by atoms with Crippen LogP contribution >= 0.6 is 44.9 Å². The number of alkyl halides is 3. The lowest BCUT2D eigenvalue weighted by Crippen LogP contribution is -2.19. The molecule has 1 rings (SSSR count). The number of halogens is 6. The standard InChI is InChI=1S/C6HCl2F3INO3S/c7-4-2(12)1-3(16-6(9,10)11)5(13-4)17(8,14)15/h1H. The highest BCUT2D eigenvalue weighted by atomic mass is 127. The lowest BCUT2D eigenvalue weighted by molar-refractivity contribution is -0.275. The van der Waals surface area contributed by atoms with Crippen LogP contribution in [0.4, 0.5) is 13.2 Å². The molecular weight excluding hydrogens is 421 g/mol. The fourth-order valence-electron chi connectivity index (χ4n) is 0.807. The Morgan fingerprint density at radius 3 is 2.35 bits per heavy atom. The van der Waals surface area contributed by atoms with Gasteiger partial charge in [0.05, 0.1) is 3.57 Å². The molecule has 0 N–H and O–H groups in total. The van der Waals surface area contributed by atoms with E-state index in [9.17, 15) is 21.6 Å². The smallest absolute Gasteiger partial charge is 0.403 e. The predicted octanol–water partition coefficient (Wildman–Crippen LogP) is 3.17. The second-order valence-corrected chi connectivity index (χ2v) is 6.55. The summed E-state index contributed by atoms with van der Waals surface area (Å²) >= 11 is 7.05. The molecule has 0 radical (unpaired) electrons. The minimum atomic E-state index is -5.06. The van der Waals surface area contributed by atoms with Crippen molar-refractivity contribution in [2.24, 2.45) is 0 Å². The van der Waals surface area contributed by atoms with Gasteiger partial charge >= 0.3 is 6.36 Å². The van der Waals surface area contributed by atoms with Crippen LogP contribution in [0.5, 0.6) is 5.75 Å². The number of pyridine rings is 1. The van der Waals surface area contributed by atoms with E-state index in [1.54, 1.807) is 22.6 Å². The number of ether oxygens (including phenoxy) is 1. The van der Waals surface area contributed by atoms with Gasteiger partial charge in [0.15, 0.2) is 5.75 Å². The quantitative estimate of drug-likeness (QED) is 0.418. The molecule has 0 amide bonds. The molecule has 4 nitrogen and oxygen atoms in total. The third-order valence-electron chi connectivity index (χ3n) is 1.32. The van der Waals surface area contributed by atoms with Crippen LogP contribution in [0.1, 0.15) is 0 Å². The second kappa shape index (κ2) is 4.94. The Kier molecular flexibility index (Phi) is 4.37. The lowest BCUT2D eigenvalue weighted by Gasteiger charge is -2.11. The molecule has 0 spiro atoms. The maximum atomic E-state index is 12.0. The van der Waals surface area contributed by atoms with Crippen LogP contribution in [0.2, 0.25) is 5.15 Å². The van der Waals surface area contributed by atoms with Crippen molar-refractivity contribution in [1.29, 1.82) is 0 Å². The highest BCUT2D eigenvalue weighted by Crippen LogP contribution is 2.33. The van der Waals surface area contributed by atoms with Gasteiger partial charge in [-0.1, -0.05) is 11.6 Å². The monoisotopic (exact) mass is 421 g/mol. The summed E-state index contributed by atoms with van der Waals surface area (Å²) in [6, 6.07) is 0.776. The first kappa shape index (κ1) is 15.1. The van der Waals surface area contributed by atoms with Crippen LogP contribution in [-0.4, -0.2) is 19.8 Å². The number of rotatable bonds is 2. The van der Waals surface area contributed by atoms with E-state index in [1.807, 2.05) is 0 Å². The molecule has 0 saturated carbocycles. The topological polar surface area (TPSA) is 56.3 Å². The zero-order valence-corrected chi connectivity index (χ0v) is 11.9. The zero-order chi connectivity index (χ0) is 13.4. The predicted molar refractivity (Wildman–Crippen MR) is 61.7 cm³/mol. The maximum Gasteiger partial charge on any atom is 0.573 e. The van der Waals surface area contributed by atoms with Crippen LogP contribution in [0.25, 0.3) is 0 Å². The summed E-state index contributed by atoms with van der Waals surface area (Å²) in [4.78, 5) is 3.24. The molecule has 0 unspecified atom stereocenters. The minimum absolute atomic E-state index is 0.0904. The van der Waals surface area contributed by atoms with Crippen molar-refractivity contribution < 1.29 is 26.3 Å². The molecular formula is C6HCl2F3INO3S. The summed E-state index contributed by atoms with van der Waals surface area (Å²) in [7, 11) is 0.421. The summed E-state index contributed by atoms with van der Waals surface area (Å²) < 4.78 is 61.6. The van der Waals surface area contributed by atoms with Crippen molar-refractivity contribution in [3.8, 4) is 5.75 Å². The third-order valence-corrected chi connectivity index (χ3v) is 3.94. The molecule has 1 aromatic rings. The molecule has 0 saturated heterocycles. The van der Waals surface area contributed by atoms with Gasteiger partial charge in [-0.25, -0.2) is 13.4 Å². The van der Waals surface area contributed by atoms with Crippen molar-refractivity contribution in [1.82, 2.24) is 4.98 Å². The Bertz CT molecular complexity index is 548. The van der Waals surface area contributed by atoms with Crippen LogP contribution in [0, 0.1) is 3.57 Å². The van der Waals surface area contributed by atoms with Crippen molar-refractivity contribution >= 4 is 53.9 Å². The average Bonchev–Trinajstić information content (AvgIpc) is 2.06. The maximum absolute atomic E-state index is 12.0. The lowest BCUT2D eigenvalue weighted by atomic mass is 10.5. The Balaban J connectivity index is 3.42. The summed E-state index contributed by atoms with van der Waals surface area (Å²) in [5.74, 6) is -1.03. The van der Waals surface area contributed by atoms with Crippen molar-refractivity contribution in [2.45, 2.75) is 11.4 Å². The van der Waals surface area contributed by atoms with Gasteiger partial charge in [-0.15, -0.1) is 13.2 Å². The van der Waals surface area contributed by atoms with Crippen LogP contribution in [-0.2, 0) is 9.05 Å². The van der Waals surface area contributed by atoms with Gasteiger partial charge in [0.25, 0.3) is 9.05 Å². The van der Waals surface area contributed by atoms with Gasteiger partial charge in [0, 0.05) is 16.7 Å². The van der Waals surface area contributed by atoms with Gasteiger partial charge in [0.2, 0.25) is 5.03 Å². The first-order valence-electron chi connectivity index (χ1n) is 3.57. The molecule has 0 aliphatic heterocycles. The van der Waals surface area contributed by atoms with Gasteiger partial charge in [-0.3, -0.25) is 0 Å². The van der Waals surface area contributed by atoms with Crippen LogP contribution in [0.3, 0.4) is 0 Å². The van der Waals surface area contributed by atoms with E-state index in [-0.39, 0.29) is 8.72 Å². The summed E-state index contributed by atoms with van der Waals surface area (Å²) in [5, 5.41) is -1.37. The molecule has 17 heavy (non-hydrogen) atoms. The largest absolute Gasteiger partial charge is 0.573 e. The van der Waals surface area contributed by atoms with Crippen molar-refractivity contribution in [3.63, 3.8) is 0 Å². The normalized spacial score (nSPS) is 12.6. The minimum Gasteiger partial charge on any atom is -0.403 e. The second-order valence-electron chi connectivity index (χ2n) is 2.55. The van der Waals surface area contributed by atoms with Crippen molar-refractivity contribution in [3.05, 3.63) is 14.8 Å². The number of aromatic nitrogens is 1. The Morgan fingerprint density at radius 1 is 1.41 bits per heavy atom. The molecule has 0 fully saturated rings. The average molecular weight is 422 g/mol. The van der Waals surface area contributed by atoms with E-state index >= 15 is 0 Å². The summed E-state index contributed by atoms with van der Waals surface area (Å²) in [5.41, 5.74) is 0.